The highest BCUT2D eigenvalue weighted by atomic mass is 16.4. The van der Waals surface area contributed by atoms with Crippen molar-refractivity contribution < 1.29 is 30.3 Å². The molecule has 2 heterocycles. The van der Waals surface area contributed by atoms with Gasteiger partial charge in [0.15, 0.2) is 0 Å². The topological polar surface area (TPSA) is 136 Å². The Hall–Kier alpha value is -3.84. The summed E-state index contributed by atoms with van der Waals surface area (Å²) >= 11 is 0. The van der Waals surface area contributed by atoms with E-state index in [9.17, 15) is 14.7 Å². The summed E-state index contributed by atoms with van der Waals surface area (Å²) in [5, 5.41) is 21.1. The predicted octanol–water partition coefficient (Wildman–Crippen LogP) is 1.13. The minimum Gasteiger partial charge on any atom is -0.543 e. The number of H-pyrrole nitrogens is 1. The summed E-state index contributed by atoms with van der Waals surface area (Å²) in [5.41, 5.74) is 1.68. The molecule has 2 aromatic carbocycles. The van der Waals surface area contributed by atoms with E-state index in [1.165, 1.54) is 40.0 Å². The molecule has 0 spiro atoms. The van der Waals surface area contributed by atoms with Crippen molar-refractivity contribution in [2.75, 3.05) is 0 Å². The fraction of sp³-hybridized carbons (Fsp3) is 0. The Labute approximate surface area is 153 Å². The summed E-state index contributed by atoms with van der Waals surface area (Å²) in [6.07, 6.45) is 0. The number of benzene rings is 2. The summed E-state index contributed by atoms with van der Waals surface area (Å²) in [6, 6.07) is 22.5. The van der Waals surface area contributed by atoms with Crippen LogP contribution < -0.4 is 10.1 Å². The molecule has 7 heteroatoms. The lowest BCUT2D eigenvalue weighted by Crippen LogP contribution is -2.24. The molecule has 0 atom stereocenters. The highest BCUT2D eigenvalue weighted by Gasteiger charge is 2.05. The molecule has 0 saturated heterocycles. The Bertz CT molecular complexity index is 977. The van der Waals surface area contributed by atoms with E-state index >= 15 is 0 Å². The molecule has 0 aliphatic rings. The normalized spacial score (nSPS) is 9.78. The van der Waals surface area contributed by atoms with Crippen LogP contribution in [0.5, 0.6) is 0 Å². The van der Waals surface area contributed by atoms with Crippen LogP contribution in [0.15, 0.2) is 72.8 Å². The molecular formula is C20H16N2O5. The first-order chi connectivity index (χ1) is 12.5. The standard InChI is InChI=1S/C13H9N.C7H5NO4.H2O/c1-3-7-12-10(5-1)9-11-6-2-4-8-13(11)14-12;9-6(10)4-2-1-3-5(8-4)7(11)12;/h1-9H;1-3H,(H,9,10)(H,11,12);1H2. The number of aromatic carboxylic acids is 2. The minimum absolute atomic E-state index is 0. The highest BCUT2D eigenvalue weighted by Crippen LogP contribution is 2.15. The smallest absolute Gasteiger partial charge is 0.354 e. The SMILES string of the molecule is O.O=C([O-])c1cccc(C(=O)O)n1.c1ccc2[nH+]c3ccccc3cc2c1. The van der Waals surface area contributed by atoms with Gasteiger partial charge in [0.1, 0.15) is 5.69 Å². The van der Waals surface area contributed by atoms with E-state index in [0.717, 1.165) is 0 Å². The Morgan fingerprint density at radius 3 is 1.85 bits per heavy atom. The molecule has 136 valence electrons. The molecule has 0 amide bonds. The average molecular weight is 364 g/mol. The number of rotatable bonds is 2. The molecule has 0 aliphatic heterocycles. The molecule has 2 aromatic heterocycles. The van der Waals surface area contributed by atoms with Gasteiger partial charge < -0.3 is 20.5 Å². The zero-order valence-electron chi connectivity index (χ0n) is 14.0. The van der Waals surface area contributed by atoms with Gasteiger partial charge in [-0.2, -0.15) is 0 Å². The third kappa shape index (κ3) is 4.62. The van der Waals surface area contributed by atoms with Crippen molar-refractivity contribution in [3.63, 3.8) is 0 Å². The average Bonchev–Trinajstić information content (AvgIpc) is 2.67. The second-order valence-corrected chi connectivity index (χ2v) is 5.44. The van der Waals surface area contributed by atoms with Crippen LogP contribution >= 0.6 is 0 Å². The van der Waals surface area contributed by atoms with E-state index < -0.39 is 11.9 Å². The maximum absolute atomic E-state index is 10.3. The summed E-state index contributed by atoms with van der Waals surface area (Å²) < 4.78 is 0. The summed E-state index contributed by atoms with van der Waals surface area (Å²) in [7, 11) is 0. The Balaban J connectivity index is 0.000000190. The number of aromatic amines is 1. The molecule has 0 saturated carbocycles. The van der Waals surface area contributed by atoms with E-state index in [1.807, 2.05) is 12.1 Å². The van der Waals surface area contributed by atoms with Gasteiger partial charge in [0.05, 0.1) is 11.7 Å². The minimum atomic E-state index is -1.49. The van der Waals surface area contributed by atoms with Crippen LogP contribution in [0.2, 0.25) is 0 Å². The van der Waals surface area contributed by atoms with Crippen molar-refractivity contribution in [1.82, 2.24) is 4.98 Å². The highest BCUT2D eigenvalue weighted by molar-refractivity contribution is 5.89. The first-order valence-electron chi connectivity index (χ1n) is 7.76. The van der Waals surface area contributed by atoms with Gasteiger partial charge in [-0.25, -0.2) is 14.8 Å². The van der Waals surface area contributed by atoms with E-state index in [0.29, 0.717) is 0 Å². The Morgan fingerprint density at radius 2 is 1.33 bits per heavy atom. The molecule has 0 radical (unpaired) electrons. The van der Waals surface area contributed by atoms with Gasteiger partial charge in [-0.1, -0.05) is 30.3 Å². The van der Waals surface area contributed by atoms with E-state index in [4.69, 9.17) is 5.11 Å². The van der Waals surface area contributed by atoms with Crippen molar-refractivity contribution in [1.29, 1.82) is 0 Å². The quantitative estimate of drug-likeness (QED) is 0.532. The largest absolute Gasteiger partial charge is 0.543 e. The number of fused-ring (bicyclic) bond motifs is 2. The fourth-order valence-electron chi connectivity index (χ4n) is 2.45. The molecule has 0 fully saturated rings. The lowest BCUT2D eigenvalue weighted by Gasteiger charge is -2.00. The number of carbonyl (C=O) groups is 2. The molecule has 0 aliphatic carbocycles. The molecular weight excluding hydrogens is 348 g/mol. The maximum atomic E-state index is 10.3. The van der Waals surface area contributed by atoms with Crippen LogP contribution in [0.4, 0.5) is 0 Å². The molecule has 0 unspecified atom stereocenters. The molecule has 4 aromatic rings. The number of nitrogens with one attached hydrogen (secondary N) is 1. The third-order valence-corrected chi connectivity index (χ3v) is 3.68. The van der Waals surface area contributed by atoms with Crippen LogP contribution in [-0.4, -0.2) is 27.5 Å². The van der Waals surface area contributed by atoms with Gasteiger partial charge in [0.2, 0.25) is 11.0 Å². The van der Waals surface area contributed by atoms with Gasteiger partial charge in [0.25, 0.3) is 0 Å². The number of carbonyl (C=O) groups excluding carboxylic acids is 1. The first kappa shape index (κ1) is 19.5. The van der Waals surface area contributed by atoms with E-state index in [1.54, 1.807) is 0 Å². The van der Waals surface area contributed by atoms with E-state index in [-0.39, 0.29) is 16.9 Å². The van der Waals surface area contributed by atoms with Gasteiger partial charge >= 0.3 is 5.97 Å². The van der Waals surface area contributed by atoms with Crippen LogP contribution in [0.25, 0.3) is 21.8 Å². The lowest BCUT2D eigenvalue weighted by atomic mass is 10.1. The summed E-state index contributed by atoms with van der Waals surface area (Å²) in [5.74, 6) is -2.75. The van der Waals surface area contributed by atoms with Gasteiger partial charge in [0, 0.05) is 22.9 Å². The lowest BCUT2D eigenvalue weighted by molar-refractivity contribution is -0.310. The molecule has 7 nitrogen and oxygen atoms in total. The second kappa shape index (κ2) is 8.50. The number of carboxylic acids is 2. The second-order valence-electron chi connectivity index (χ2n) is 5.44. The van der Waals surface area contributed by atoms with Gasteiger partial charge in [-0.05, 0) is 30.3 Å². The van der Waals surface area contributed by atoms with Crippen LogP contribution in [0.1, 0.15) is 21.0 Å². The summed E-state index contributed by atoms with van der Waals surface area (Å²) in [4.78, 5) is 27.2. The van der Waals surface area contributed by atoms with Crippen molar-refractivity contribution in [2.24, 2.45) is 0 Å². The fourth-order valence-corrected chi connectivity index (χ4v) is 2.45. The van der Waals surface area contributed by atoms with E-state index in [2.05, 4.69) is 52.4 Å². The number of carboxylic acid groups (broad SMARTS) is 2. The van der Waals surface area contributed by atoms with Gasteiger partial charge in [-0.3, -0.25) is 0 Å². The Morgan fingerprint density at radius 1 is 0.815 bits per heavy atom. The number of para-hydroxylation sites is 2. The monoisotopic (exact) mass is 364 g/mol. The van der Waals surface area contributed by atoms with Crippen molar-refractivity contribution in [3.05, 3.63) is 84.2 Å². The Kier molecular flexibility index (Phi) is 6.14. The zero-order chi connectivity index (χ0) is 18.5. The predicted molar refractivity (Wildman–Crippen MR) is 97.2 cm³/mol. The van der Waals surface area contributed by atoms with Crippen molar-refractivity contribution >= 4 is 33.7 Å². The van der Waals surface area contributed by atoms with Gasteiger partial charge in [-0.15, -0.1) is 0 Å². The number of hydrogen-bond donors (Lipinski definition) is 1. The van der Waals surface area contributed by atoms with Crippen molar-refractivity contribution in [3.8, 4) is 0 Å². The molecule has 27 heavy (non-hydrogen) atoms. The van der Waals surface area contributed by atoms with Crippen LogP contribution in [0, 0.1) is 0 Å². The first-order valence-corrected chi connectivity index (χ1v) is 7.76. The third-order valence-electron chi connectivity index (χ3n) is 3.68. The van der Waals surface area contributed by atoms with Crippen molar-refractivity contribution in [2.45, 2.75) is 0 Å². The van der Waals surface area contributed by atoms with Crippen LogP contribution in [0.3, 0.4) is 0 Å². The molecule has 4 rings (SSSR count). The number of nitrogens with zero attached hydrogens (tertiary/aromatic N) is 1. The number of pyridine rings is 2. The molecule has 0 bridgehead atoms. The maximum Gasteiger partial charge on any atom is 0.354 e. The molecule has 4 N–H and O–H groups in total. The number of aromatic nitrogens is 2. The number of hydrogen-bond acceptors (Lipinski definition) is 4. The van der Waals surface area contributed by atoms with Crippen LogP contribution in [-0.2, 0) is 0 Å². The summed E-state index contributed by atoms with van der Waals surface area (Å²) in [6.45, 7) is 0. The zero-order valence-corrected chi connectivity index (χ0v) is 14.0.